The lowest BCUT2D eigenvalue weighted by Crippen LogP contribution is -2.24. The highest BCUT2D eigenvalue weighted by molar-refractivity contribution is 9.10. The van der Waals surface area contributed by atoms with Gasteiger partial charge in [0.05, 0.1) is 17.9 Å². The third-order valence-electron chi connectivity index (χ3n) is 2.47. The number of nitrogens with one attached hydrogen (secondary N) is 1. The number of aryl methyl sites for hydroxylation is 1. The number of nitrogens with two attached hydrogens (primary N) is 1. The number of benzene rings is 1. The number of halogens is 1. The van der Waals surface area contributed by atoms with Crippen LogP contribution in [0, 0.1) is 0 Å². The largest absolute Gasteiger partial charge is 0.398 e. The molecule has 2 rings (SSSR count). The van der Waals surface area contributed by atoms with Gasteiger partial charge in [-0.15, -0.1) is 0 Å². The molecule has 3 N–H and O–H groups in total. The molecular weight excluding hydrogens is 332 g/mol. The van der Waals surface area contributed by atoms with Crippen LogP contribution in [0.1, 0.15) is 5.69 Å². The molecule has 6 nitrogen and oxygen atoms in total. The molecule has 0 saturated carbocycles. The molecule has 8 heteroatoms. The normalized spacial score (nSPS) is 11.7. The lowest BCUT2D eigenvalue weighted by atomic mass is 10.3. The quantitative estimate of drug-likeness (QED) is 0.816. The van der Waals surface area contributed by atoms with Crippen molar-refractivity contribution in [1.82, 2.24) is 14.5 Å². The average Bonchev–Trinajstić information content (AvgIpc) is 2.72. The van der Waals surface area contributed by atoms with Crippen molar-refractivity contribution in [1.29, 1.82) is 0 Å². The Hall–Kier alpha value is -1.38. The first-order chi connectivity index (χ1) is 8.88. The van der Waals surface area contributed by atoms with Crippen LogP contribution in [-0.4, -0.2) is 18.2 Å². The van der Waals surface area contributed by atoms with Crippen LogP contribution in [0.3, 0.4) is 0 Å². The highest BCUT2D eigenvalue weighted by Crippen LogP contribution is 2.22. The summed E-state index contributed by atoms with van der Waals surface area (Å²) in [5.41, 5.74) is 6.55. The topological polar surface area (TPSA) is 90.0 Å². The van der Waals surface area contributed by atoms with Crippen molar-refractivity contribution in [3.8, 4) is 0 Å². The van der Waals surface area contributed by atoms with E-state index in [0.717, 1.165) is 4.47 Å². The van der Waals surface area contributed by atoms with Crippen molar-refractivity contribution >= 4 is 31.6 Å². The standard InChI is InChI=1S/C11H13BrN4O2S/c1-16-5-4-9(15-16)7-14-19(17,18)11-3-2-8(12)6-10(11)13/h2-6,14H,7,13H2,1H3. The van der Waals surface area contributed by atoms with E-state index in [1.807, 2.05) is 0 Å². The van der Waals surface area contributed by atoms with Crippen molar-refractivity contribution in [3.63, 3.8) is 0 Å². The molecule has 1 aromatic carbocycles. The van der Waals surface area contributed by atoms with Gasteiger partial charge in [-0.05, 0) is 24.3 Å². The summed E-state index contributed by atoms with van der Waals surface area (Å²) in [4.78, 5) is 0.0617. The Kier molecular flexibility index (Phi) is 3.93. The first kappa shape index (κ1) is 14.0. The summed E-state index contributed by atoms with van der Waals surface area (Å²) >= 11 is 3.23. The number of hydrogen-bond acceptors (Lipinski definition) is 4. The zero-order valence-electron chi connectivity index (χ0n) is 10.2. The molecule has 2 aromatic rings. The Bertz CT molecular complexity index is 696. The number of rotatable bonds is 4. The molecule has 1 aromatic heterocycles. The fourth-order valence-electron chi connectivity index (χ4n) is 1.57. The molecule has 19 heavy (non-hydrogen) atoms. The summed E-state index contributed by atoms with van der Waals surface area (Å²) in [7, 11) is -1.87. The van der Waals surface area contributed by atoms with Crippen molar-refractivity contribution in [2.45, 2.75) is 11.4 Å². The molecule has 0 fully saturated rings. The van der Waals surface area contributed by atoms with Crippen LogP contribution in [-0.2, 0) is 23.6 Å². The molecule has 0 aliphatic rings. The number of aromatic nitrogens is 2. The molecule has 0 amide bonds. The number of nitrogen functional groups attached to an aromatic ring is 1. The average molecular weight is 345 g/mol. The molecular formula is C11H13BrN4O2S. The van der Waals surface area contributed by atoms with E-state index < -0.39 is 10.0 Å². The van der Waals surface area contributed by atoms with E-state index >= 15 is 0 Å². The lowest BCUT2D eigenvalue weighted by Gasteiger charge is -2.08. The van der Waals surface area contributed by atoms with Gasteiger partial charge in [0, 0.05) is 17.7 Å². The summed E-state index contributed by atoms with van der Waals surface area (Å²) < 4.78 is 29.0. The minimum Gasteiger partial charge on any atom is -0.398 e. The molecule has 0 bridgehead atoms. The first-order valence-electron chi connectivity index (χ1n) is 5.42. The smallest absolute Gasteiger partial charge is 0.242 e. The number of nitrogens with zero attached hydrogens (tertiary/aromatic N) is 2. The van der Waals surface area contributed by atoms with Crippen molar-refractivity contribution in [2.24, 2.45) is 7.05 Å². The molecule has 0 spiro atoms. The predicted molar refractivity (Wildman–Crippen MR) is 75.8 cm³/mol. The fraction of sp³-hybridized carbons (Fsp3) is 0.182. The van der Waals surface area contributed by atoms with Gasteiger partial charge in [0.2, 0.25) is 10.0 Å². The third kappa shape index (κ3) is 3.34. The zero-order valence-corrected chi connectivity index (χ0v) is 12.6. The number of hydrogen-bond donors (Lipinski definition) is 2. The van der Waals surface area contributed by atoms with E-state index in [-0.39, 0.29) is 17.1 Å². The third-order valence-corrected chi connectivity index (χ3v) is 4.44. The minimum atomic E-state index is -3.64. The number of sulfonamides is 1. The Labute approximate surface area is 119 Å². The maximum absolute atomic E-state index is 12.1. The van der Waals surface area contributed by atoms with E-state index in [0.29, 0.717) is 5.69 Å². The van der Waals surface area contributed by atoms with Gasteiger partial charge in [0.25, 0.3) is 0 Å². The Morgan fingerprint density at radius 1 is 1.42 bits per heavy atom. The molecule has 0 saturated heterocycles. The van der Waals surface area contributed by atoms with Crippen LogP contribution in [0.25, 0.3) is 0 Å². The van der Waals surface area contributed by atoms with E-state index in [4.69, 9.17) is 5.73 Å². The predicted octanol–water partition coefficient (Wildman–Crippen LogP) is 1.24. The molecule has 0 unspecified atom stereocenters. The highest BCUT2D eigenvalue weighted by atomic mass is 79.9. The second kappa shape index (κ2) is 5.32. The van der Waals surface area contributed by atoms with Crippen molar-refractivity contribution in [2.75, 3.05) is 5.73 Å². The van der Waals surface area contributed by atoms with Crippen LogP contribution in [0.2, 0.25) is 0 Å². The Morgan fingerprint density at radius 2 is 2.16 bits per heavy atom. The second-order valence-corrected chi connectivity index (χ2v) is 6.64. The van der Waals surface area contributed by atoms with Crippen LogP contribution in [0.15, 0.2) is 39.8 Å². The van der Waals surface area contributed by atoms with Gasteiger partial charge < -0.3 is 5.73 Å². The molecule has 0 aliphatic heterocycles. The SMILES string of the molecule is Cn1ccc(CNS(=O)(=O)c2ccc(Br)cc2N)n1. The summed E-state index contributed by atoms with van der Waals surface area (Å²) in [6, 6.07) is 6.38. The molecule has 0 atom stereocenters. The number of anilines is 1. The second-order valence-electron chi connectivity index (χ2n) is 3.99. The highest BCUT2D eigenvalue weighted by Gasteiger charge is 2.17. The molecule has 0 aliphatic carbocycles. The minimum absolute atomic E-state index is 0.0617. The summed E-state index contributed by atoms with van der Waals surface area (Å²) in [5, 5.41) is 4.09. The van der Waals surface area contributed by atoms with Crippen molar-refractivity contribution < 1.29 is 8.42 Å². The monoisotopic (exact) mass is 344 g/mol. The van der Waals surface area contributed by atoms with Gasteiger partial charge in [0.1, 0.15) is 4.90 Å². The molecule has 102 valence electrons. The van der Waals surface area contributed by atoms with Gasteiger partial charge in [-0.1, -0.05) is 15.9 Å². The molecule has 1 heterocycles. The molecule has 0 radical (unpaired) electrons. The van der Waals surface area contributed by atoms with Gasteiger partial charge in [0.15, 0.2) is 0 Å². The van der Waals surface area contributed by atoms with E-state index in [2.05, 4.69) is 25.8 Å². The maximum atomic E-state index is 12.1. The summed E-state index contributed by atoms with van der Waals surface area (Å²) in [5.74, 6) is 0. The van der Waals surface area contributed by atoms with Crippen LogP contribution < -0.4 is 10.5 Å². The summed E-state index contributed by atoms with van der Waals surface area (Å²) in [6.07, 6.45) is 1.75. The van der Waals surface area contributed by atoms with Gasteiger partial charge >= 0.3 is 0 Å². The van der Waals surface area contributed by atoms with Crippen molar-refractivity contribution in [3.05, 3.63) is 40.6 Å². The van der Waals surface area contributed by atoms with Crippen LogP contribution in [0.4, 0.5) is 5.69 Å². The first-order valence-corrected chi connectivity index (χ1v) is 7.69. The summed E-state index contributed by atoms with van der Waals surface area (Å²) in [6.45, 7) is 0.124. The maximum Gasteiger partial charge on any atom is 0.242 e. The fourth-order valence-corrected chi connectivity index (χ4v) is 3.06. The van der Waals surface area contributed by atoms with Crippen LogP contribution >= 0.6 is 15.9 Å². The Balaban J connectivity index is 2.18. The van der Waals surface area contributed by atoms with Gasteiger partial charge in [-0.3, -0.25) is 4.68 Å². The van der Waals surface area contributed by atoms with E-state index in [1.165, 1.54) is 6.07 Å². The van der Waals surface area contributed by atoms with E-state index in [9.17, 15) is 8.42 Å². The van der Waals surface area contributed by atoms with Gasteiger partial charge in [-0.2, -0.15) is 5.10 Å². The van der Waals surface area contributed by atoms with Crippen LogP contribution in [0.5, 0.6) is 0 Å². The Morgan fingerprint density at radius 3 is 2.74 bits per heavy atom. The van der Waals surface area contributed by atoms with Gasteiger partial charge in [-0.25, -0.2) is 13.1 Å². The lowest BCUT2D eigenvalue weighted by molar-refractivity contribution is 0.580. The van der Waals surface area contributed by atoms with E-state index in [1.54, 1.807) is 36.1 Å². The zero-order chi connectivity index (χ0) is 14.0.